The molecule has 0 amide bonds. The molecular weight excluding hydrogens is 210 g/mol. The molecule has 3 heteroatoms. The van der Waals surface area contributed by atoms with Gasteiger partial charge in [0.2, 0.25) is 0 Å². The van der Waals surface area contributed by atoms with E-state index in [2.05, 4.69) is 35.8 Å². The number of nitrogens with one attached hydrogen (secondary N) is 1. The molecule has 0 saturated heterocycles. The van der Waals surface area contributed by atoms with Crippen molar-refractivity contribution in [1.82, 2.24) is 14.9 Å². The van der Waals surface area contributed by atoms with E-state index in [0.29, 0.717) is 5.41 Å². The van der Waals surface area contributed by atoms with Crippen LogP contribution in [-0.2, 0) is 13.5 Å². The van der Waals surface area contributed by atoms with Crippen molar-refractivity contribution < 1.29 is 0 Å². The van der Waals surface area contributed by atoms with E-state index < -0.39 is 0 Å². The molecule has 17 heavy (non-hydrogen) atoms. The number of aromatic nitrogens is 2. The Kier molecular flexibility index (Phi) is 3.87. The van der Waals surface area contributed by atoms with Gasteiger partial charge in [0.05, 0.1) is 0 Å². The van der Waals surface area contributed by atoms with Crippen molar-refractivity contribution in [3.8, 4) is 0 Å². The maximum absolute atomic E-state index is 4.40. The van der Waals surface area contributed by atoms with Gasteiger partial charge in [-0.3, -0.25) is 0 Å². The molecule has 1 aliphatic rings. The highest BCUT2D eigenvalue weighted by Gasteiger charge is 2.41. The van der Waals surface area contributed by atoms with E-state index in [1.54, 1.807) is 0 Å². The van der Waals surface area contributed by atoms with Crippen molar-refractivity contribution in [3.63, 3.8) is 0 Å². The molecule has 1 aromatic rings. The maximum atomic E-state index is 4.40. The quantitative estimate of drug-likeness (QED) is 0.786. The molecule has 0 aromatic carbocycles. The summed E-state index contributed by atoms with van der Waals surface area (Å²) in [5, 5.41) is 3.61. The van der Waals surface area contributed by atoms with Gasteiger partial charge >= 0.3 is 0 Å². The molecule has 2 rings (SSSR count). The van der Waals surface area contributed by atoms with Gasteiger partial charge in [0.1, 0.15) is 5.82 Å². The van der Waals surface area contributed by atoms with E-state index in [9.17, 15) is 0 Å². The molecule has 0 aliphatic heterocycles. The normalized spacial score (nSPS) is 17.6. The molecule has 0 atom stereocenters. The molecule has 0 unspecified atom stereocenters. The lowest BCUT2D eigenvalue weighted by Gasteiger charge is -2.16. The van der Waals surface area contributed by atoms with Crippen LogP contribution in [0.25, 0.3) is 0 Å². The zero-order valence-electron chi connectivity index (χ0n) is 11.4. The lowest BCUT2D eigenvalue weighted by Crippen LogP contribution is -2.27. The molecule has 0 spiro atoms. The Morgan fingerprint density at radius 1 is 1.47 bits per heavy atom. The van der Waals surface area contributed by atoms with Crippen LogP contribution >= 0.6 is 0 Å². The number of nitrogens with zero attached hydrogens (tertiary/aromatic N) is 2. The minimum Gasteiger partial charge on any atom is -0.338 e. The van der Waals surface area contributed by atoms with Crippen LogP contribution in [0.15, 0.2) is 12.4 Å². The zero-order valence-corrected chi connectivity index (χ0v) is 11.4. The van der Waals surface area contributed by atoms with Crippen LogP contribution in [-0.4, -0.2) is 22.6 Å². The Balaban J connectivity index is 1.73. The van der Waals surface area contributed by atoms with Crippen LogP contribution in [0.2, 0.25) is 0 Å². The van der Waals surface area contributed by atoms with E-state index in [0.717, 1.165) is 18.9 Å². The second kappa shape index (κ2) is 5.21. The van der Waals surface area contributed by atoms with Gasteiger partial charge in [0, 0.05) is 32.4 Å². The van der Waals surface area contributed by atoms with E-state index >= 15 is 0 Å². The standard InChI is InChI=1S/C14H25N3/c1-12(2)10-15-11-14(6-7-14)5-4-13-16-8-9-17(13)3/h8-9,12,15H,4-7,10-11H2,1-3H3. The Bertz CT molecular complexity index is 350. The van der Waals surface area contributed by atoms with Gasteiger partial charge in [-0.1, -0.05) is 13.8 Å². The van der Waals surface area contributed by atoms with E-state index in [4.69, 9.17) is 0 Å². The van der Waals surface area contributed by atoms with Gasteiger partial charge in [-0.2, -0.15) is 0 Å². The van der Waals surface area contributed by atoms with E-state index in [-0.39, 0.29) is 0 Å². The summed E-state index contributed by atoms with van der Waals surface area (Å²) in [6, 6.07) is 0. The van der Waals surface area contributed by atoms with Crippen molar-refractivity contribution in [2.24, 2.45) is 18.4 Å². The third-order valence-electron chi connectivity index (χ3n) is 3.81. The second-order valence-electron chi connectivity index (χ2n) is 5.98. The summed E-state index contributed by atoms with van der Waals surface area (Å²) in [6.07, 6.45) is 9.11. The smallest absolute Gasteiger partial charge is 0.108 e. The lowest BCUT2D eigenvalue weighted by atomic mass is 9.99. The molecule has 3 nitrogen and oxygen atoms in total. The topological polar surface area (TPSA) is 29.9 Å². The highest BCUT2D eigenvalue weighted by atomic mass is 15.0. The van der Waals surface area contributed by atoms with E-state index in [1.165, 1.54) is 31.6 Å². The number of rotatable bonds is 7. The minimum atomic E-state index is 0.584. The summed E-state index contributed by atoms with van der Waals surface area (Å²) in [5.41, 5.74) is 0.584. The van der Waals surface area contributed by atoms with Crippen LogP contribution in [0.5, 0.6) is 0 Å². The van der Waals surface area contributed by atoms with Crippen LogP contribution in [0.1, 0.15) is 38.9 Å². The fourth-order valence-corrected chi connectivity index (χ4v) is 2.33. The van der Waals surface area contributed by atoms with Crippen molar-refractivity contribution >= 4 is 0 Å². The number of aryl methyl sites for hydroxylation is 2. The molecule has 1 heterocycles. The SMILES string of the molecule is CC(C)CNCC1(CCc2nccn2C)CC1. The number of hydrogen-bond donors (Lipinski definition) is 1. The Hall–Kier alpha value is -0.830. The van der Waals surface area contributed by atoms with Crippen LogP contribution < -0.4 is 5.32 Å². The van der Waals surface area contributed by atoms with Gasteiger partial charge in [-0.25, -0.2) is 4.98 Å². The minimum absolute atomic E-state index is 0.584. The first-order valence-electron chi connectivity index (χ1n) is 6.78. The monoisotopic (exact) mass is 235 g/mol. The molecule has 1 N–H and O–H groups in total. The number of imidazole rings is 1. The highest BCUT2D eigenvalue weighted by molar-refractivity contribution is 4.99. The molecule has 0 bridgehead atoms. The van der Waals surface area contributed by atoms with Crippen LogP contribution in [0, 0.1) is 11.3 Å². The van der Waals surface area contributed by atoms with Gasteiger partial charge in [-0.05, 0) is 37.1 Å². The Morgan fingerprint density at radius 3 is 2.76 bits per heavy atom. The van der Waals surface area contributed by atoms with Gasteiger partial charge < -0.3 is 9.88 Å². The average Bonchev–Trinajstić information content (AvgIpc) is 2.92. The number of hydrogen-bond acceptors (Lipinski definition) is 2. The van der Waals surface area contributed by atoms with E-state index in [1.807, 2.05) is 12.4 Å². The average molecular weight is 235 g/mol. The summed E-state index contributed by atoms with van der Waals surface area (Å²) in [6.45, 7) is 6.86. The first-order valence-corrected chi connectivity index (χ1v) is 6.78. The highest BCUT2D eigenvalue weighted by Crippen LogP contribution is 2.48. The van der Waals surface area contributed by atoms with Crippen molar-refractivity contribution in [3.05, 3.63) is 18.2 Å². The molecule has 96 valence electrons. The molecule has 1 saturated carbocycles. The first-order chi connectivity index (χ1) is 8.11. The van der Waals surface area contributed by atoms with Crippen LogP contribution in [0.3, 0.4) is 0 Å². The summed E-state index contributed by atoms with van der Waals surface area (Å²) in [7, 11) is 2.08. The summed E-state index contributed by atoms with van der Waals surface area (Å²) in [4.78, 5) is 4.40. The van der Waals surface area contributed by atoms with Crippen molar-refractivity contribution in [1.29, 1.82) is 0 Å². The van der Waals surface area contributed by atoms with Crippen LogP contribution in [0.4, 0.5) is 0 Å². The summed E-state index contributed by atoms with van der Waals surface area (Å²) in [5.74, 6) is 1.97. The third-order valence-corrected chi connectivity index (χ3v) is 3.81. The fourth-order valence-electron chi connectivity index (χ4n) is 2.33. The molecule has 1 fully saturated rings. The molecule has 1 aliphatic carbocycles. The predicted octanol–water partition coefficient (Wildman–Crippen LogP) is 2.38. The third kappa shape index (κ3) is 3.56. The first kappa shape index (κ1) is 12.6. The van der Waals surface area contributed by atoms with Crippen molar-refractivity contribution in [2.45, 2.75) is 39.5 Å². The molecular formula is C14H25N3. The van der Waals surface area contributed by atoms with Gasteiger partial charge in [-0.15, -0.1) is 0 Å². The van der Waals surface area contributed by atoms with Crippen molar-refractivity contribution in [2.75, 3.05) is 13.1 Å². The summed E-state index contributed by atoms with van der Waals surface area (Å²) < 4.78 is 2.14. The predicted molar refractivity (Wildman–Crippen MR) is 70.9 cm³/mol. The Labute approximate surface area is 105 Å². The second-order valence-corrected chi connectivity index (χ2v) is 5.98. The molecule has 0 radical (unpaired) electrons. The fraction of sp³-hybridized carbons (Fsp3) is 0.786. The van der Waals surface area contributed by atoms with Gasteiger partial charge in [0.15, 0.2) is 0 Å². The zero-order chi connectivity index (χ0) is 12.3. The lowest BCUT2D eigenvalue weighted by molar-refractivity contribution is 0.404. The Morgan fingerprint density at radius 2 is 2.24 bits per heavy atom. The van der Waals surface area contributed by atoms with Gasteiger partial charge in [0.25, 0.3) is 0 Å². The summed E-state index contributed by atoms with van der Waals surface area (Å²) >= 11 is 0. The largest absolute Gasteiger partial charge is 0.338 e. The maximum Gasteiger partial charge on any atom is 0.108 e. The molecule has 1 aromatic heterocycles.